The van der Waals surface area contributed by atoms with Crippen LogP contribution in [0.25, 0.3) is 0 Å². The van der Waals surface area contributed by atoms with Crippen LogP contribution in [0.5, 0.6) is 0 Å². The number of carbonyl (C=O) groups is 1. The van der Waals surface area contributed by atoms with E-state index in [2.05, 4.69) is 0 Å². The summed E-state index contributed by atoms with van der Waals surface area (Å²) < 4.78 is 11.1. The molecule has 1 saturated heterocycles. The first-order valence-corrected chi connectivity index (χ1v) is 8.43. The van der Waals surface area contributed by atoms with Gasteiger partial charge in [-0.05, 0) is 40.0 Å². The lowest BCUT2D eigenvalue weighted by Crippen LogP contribution is -2.41. The summed E-state index contributed by atoms with van der Waals surface area (Å²) in [6.07, 6.45) is 3.02. The Labute approximate surface area is 113 Å². The molecule has 1 fully saturated rings. The van der Waals surface area contributed by atoms with Crippen molar-refractivity contribution in [2.45, 2.75) is 57.7 Å². The van der Waals surface area contributed by atoms with Gasteiger partial charge in [0.2, 0.25) is 0 Å². The number of hydrogen-bond donors (Lipinski definition) is 0. The Morgan fingerprint density at radius 3 is 2.78 bits per heavy atom. The second-order valence-corrected chi connectivity index (χ2v) is 6.90. The average Bonchev–Trinajstić information content (AvgIpc) is 2.70. The SMILES string of the molecule is CC(C)(C)OC(=O)N1CCCC1COCCC[SiH3]. The van der Waals surface area contributed by atoms with Gasteiger partial charge in [-0.3, -0.25) is 0 Å². The van der Waals surface area contributed by atoms with E-state index in [1.165, 1.54) is 16.3 Å². The fraction of sp³-hybridized carbons (Fsp3) is 0.923. The van der Waals surface area contributed by atoms with Crippen LogP contribution >= 0.6 is 0 Å². The van der Waals surface area contributed by atoms with Crippen LogP contribution < -0.4 is 0 Å². The molecule has 1 rings (SSSR count). The molecule has 0 aliphatic carbocycles. The van der Waals surface area contributed by atoms with Crippen LogP contribution in [0.4, 0.5) is 4.79 Å². The minimum atomic E-state index is -0.419. The molecule has 1 aliphatic heterocycles. The third-order valence-electron chi connectivity index (χ3n) is 2.96. The quantitative estimate of drug-likeness (QED) is 0.564. The van der Waals surface area contributed by atoms with Gasteiger partial charge in [0.05, 0.1) is 12.6 Å². The van der Waals surface area contributed by atoms with Crippen molar-refractivity contribution < 1.29 is 14.3 Å². The molecule has 1 atom stereocenters. The Morgan fingerprint density at radius 2 is 2.17 bits per heavy atom. The second-order valence-electron chi connectivity index (χ2n) is 5.90. The molecule has 0 bridgehead atoms. The molecule has 18 heavy (non-hydrogen) atoms. The van der Waals surface area contributed by atoms with Crippen LogP contribution in [0.3, 0.4) is 0 Å². The molecule has 0 aromatic rings. The largest absolute Gasteiger partial charge is 0.444 e. The van der Waals surface area contributed by atoms with E-state index in [-0.39, 0.29) is 12.1 Å². The first-order chi connectivity index (χ1) is 8.44. The molecule has 0 saturated carbocycles. The third-order valence-corrected chi connectivity index (χ3v) is 3.66. The van der Waals surface area contributed by atoms with Crippen LogP contribution in [-0.4, -0.2) is 52.6 Å². The van der Waals surface area contributed by atoms with Crippen molar-refractivity contribution in [2.24, 2.45) is 0 Å². The van der Waals surface area contributed by atoms with Crippen molar-refractivity contribution in [3.63, 3.8) is 0 Å². The van der Waals surface area contributed by atoms with Gasteiger partial charge < -0.3 is 14.4 Å². The van der Waals surface area contributed by atoms with E-state index in [0.717, 1.165) is 32.4 Å². The van der Waals surface area contributed by atoms with Gasteiger partial charge in [0.1, 0.15) is 5.60 Å². The zero-order valence-electron chi connectivity index (χ0n) is 12.2. The van der Waals surface area contributed by atoms with Crippen molar-refractivity contribution in [1.82, 2.24) is 4.90 Å². The zero-order chi connectivity index (χ0) is 13.6. The summed E-state index contributed by atoms with van der Waals surface area (Å²) in [6, 6.07) is 1.48. The van der Waals surface area contributed by atoms with E-state index >= 15 is 0 Å². The van der Waals surface area contributed by atoms with E-state index in [1.54, 1.807) is 0 Å². The first kappa shape index (κ1) is 15.5. The summed E-state index contributed by atoms with van der Waals surface area (Å²) in [4.78, 5) is 13.8. The molecular weight excluding hydrogens is 246 g/mol. The molecule has 0 aromatic heterocycles. The molecule has 5 heteroatoms. The third kappa shape index (κ3) is 5.39. The van der Waals surface area contributed by atoms with Crippen LogP contribution in [0.2, 0.25) is 6.04 Å². The normalized spacial score (nSPS) is 20.4. The Kier molecular flexibility index (Phi) is 6.15. The highest BCUT2D eigenvalue weighted by Gasteiger charge is 2.32. The van der Waals surface area contributed by atoms with Crippen molar-refractivity contribution in [3.05, 3.63) is 0 Å². The molecule has 1 aliphatic rings. The summed E-state index contributed by atoms with van der Waals surface area (Å²) in [5.74, 6) is 0. The lowest BCUT2D eigenvalue weighted by molar-refractivity contribution is 0.0107. The first-order valence-electron chi connectivity index (χ1n) is 7.01. The molecule has 1 heterocycles. The van der Waals surface area contributed by atoms with Gasteiger partial charge >= 0.3 is 6.09 Å². The smallest absolute Gasteiger partial charge is 0.410 e. The maximum atomic E-state index is 12.0. The lowest BCUT2D eigenvalue weighted by Gasteiger charge is -2.28. The topological polar surface area (TPSA) is 38.8 Å². The highest BCUT2D eigenvalue weighted by Crippen LogP contribution is 2.21. The summed E-state index contributed by atoms with van der Waals surface area (Å²) >= 11 is 0. The van der Waals surface area contributed by atoms with Crippen molar-refractivity contribution in [1.29, 1.82) is 0 Å². The van der Waals surface area contributed by atoms with E-state index in [0.29, 0.717) is 6.61 Å². The number of nitrogens with zero attached hydrogens (tertiary/aromatic N) is 1. The number of rotatable bonds is 5. The van der Waals surface area contributed by atoms with Gasteiger partial charge in [-0.2, -0.15) is 0 Å². The summed E-state index contributed by atoms with van der Waals surface area (Å²) in [6.45, 7) is 7.97. The Balaban J connectivity index is 2.36. The number of hydrogen-bond acceptors (Lipinski definition) is 3. The minimum Gasteiger partial charge on any atom is -0.444 e. The van der Waals surface area contributed by atoms with Crippen molar-refractivity contribution in [2.75, 3.05) is 19.8 Å². The van der Waals surface area contributed by atoms with Gasteiger partial charge in [0.15, 0.2) is 0 Å². The molecular formula is C13H27NO3Si. The van der Waals surface area contributed by atoms with E-state index < -0.39 is 5.60 Å². The van der Waals surface area contributed by atoms with Gasteiger partial charge in [0, 0.05) is 23.4 Å². The fourth-order valence-electron chi connectivity index (χ4n) is 2.04. The Hall–Kier alpha value is -0.553. The standard InChI is InChI=1S/C13H27NO3Si/c1-13(2,3)17-12(15)14-7-4-6-11(14)10-16-8-5-9-18/h11H,4-10H2,1-3,18H3. The lowest BCUT2D eigenvalue weighted by atomic mass is 10.2. The maximum absolute atomic E-state index is 12.0. The highest BCUT2D eigenvalue weighted by molar-refractivity contribution is 6.08. The predicted octanol–water partition coefficient (Wildman–Crippen LogP) is 1.58. The number of likely N-dealkylation sites (tertiary alicyclic amines) is 1. The fourth-order valence-corrected chi connectivity index (χ4v) is 2.32. The summed E-state index contributed by atoms with van der Waals surface area (Å²) in [7, 11) is 1.24. The van der Waals surface area contributed by atoms with Gasteiger partial charge in [-0.25, -0.2) is 4.79 Å². The number of ether oxygens (including phenoxy) is 2. The van der Waals surface area contributed by atoms with Gasteiger partial charge in [-0.15, -0.1) is 0 Å². The summed E-state index contributed by atoms with van der Waals surface area (Å²) in [5, 5.41) is 0. The van der Waals surface area contributed by atoms with E-state index in [9.17, 15) is 4.79 Å². The Morgan fingerprint density at radius 1 is 1.44 bits per heavy atom. The van der Waals surface area contributed by atoms with Crippen LogP contribution in [0.1, 0.15) is 40.0 Å². The minimum absolute atomic E-state index is 0.198. The second kappa shape index (κ2) is 7.14. The molecule has 106 valence electrons. The number of carbonyl (C=O) groups excluding carboxylic acids is 1. The van der Waals surface area contributed by atoms with Gasteiger partial charge in [-0.1, -0.05) is 6.04 Å². The van der Waals surface area contributed by atoms with Crippen molar-refractivity contribution in [3.8, 4) is 0 Å². The van der Waals surface area contributed by atoms with Crippen molar-refractivity contribution >= 4 is 16.3 Å². The Bertz CT molecular complexity index is 265. The van der Waals surface area contributed by atoms with E-state index in [1.807, 2.05) is 25.7 Å². The zero-order valence-corrected chi connectivity index (χ0v) is 14.2. The maximum Gasteiger partial charge on any atom is 0.410 e. The molecule has 1 unspecified atom stereocenters. The predicted molar refractivity (Wildman–Crippen MR) is 76.1 cm³/mol. The highest BCUT2D eigenvalue weighted by atomic mass is 28.1. The molecule has 0 spiro atoms. The molecule has 0 radical (unpaired) electrons. The molecule has 4 nitrogen and oxygen atoms in total. The van der Waals surface area contributed by atoms with Crippen LogP contribution in [-0.2, 0) is 9.47 Å². The van der Waals surface area contributed by atoms with E-state index in [4.69, 9.17) is 9.47 Å². The number of amides is 1. The summed E-state index contributed by atoms with van der Waals surface area (Å²) in [5.41, 5.74) is -0.419. The van der Waals surface area contributed by atoms with Gasteiger partial charge in [0.25, 0.3) is 0 Å². The molecule has 0 N–H and O–H groups in total. The average molecular weight is 273 g/mol. The van der Waals surface area contributed by atoms with Crippen LogP contribution in [0.15, 0.2) is 0 Å². The monoisotopic (exact) mass is 273 g/mol. The van der Waals surface area contributed by atoms with Crippen LogP contribution in [0, 0.1) is 0 Å². The molecule has 1 amide bonds. The molecule has 0 aromatic carbocycles.